The quantitative estimate of drug-likeness (QED) is 0.619. The molecule has 128 valence electrons. The number of nitrogens with zero attached hydrogens (tertiary/aromatic N) is 2. The number of thioether (sulfide) groups is 1. The molecular formula is C16H13ClN4O3S. The van der Waals surface area contributed by atoms with E-state index in [0.29, 0.717) is 21.6 Å². The summed E-state index contributed by atoms with van der Waals surface area (Å²) < 4.78 is 5.08. The van der Waals surface area contributed by atoms with Crippen molar-refractivity contribution >= 4 is 52.2 Å². The standard InChI is InChI=1S/C16H13ClN4O3S/c17-10-3-5-11(6-4-10)19-14(22)8-13-15(23)20-16(25-13)21-18-9-12-2-1-7-24-12/h1-7,9,13H,8H2,(H,19,22)(H,20,21,23)/b18-9-. The zero-order chi connectivity index (χ0) is 17.6. The largest absolute Gasteiger partial charge is 0.463 e. The van der Waals surface area contributed by atoms with Crippen molar-refractivity contribution in [1.29, 1.82) is 0 Å². The number of benzene rings is 1. The summed E-state index contributed by atoms with van der Waals surface area (Å²) in [4.78, 5) is 24.0. The van der Waals surface area contributed by atoms with Crippen LogP contribution in [0.3, 0.4) is 0 Å². The first-order valence-corrected chi connectivity index (χ1v) is 8.53. The van der Waals surface area contributed by atoms with Crippen LogP contribution in [0.1, 0.15) is 12.2 Å². The lowest BCUT2D eigenvalue weighted by Gasteiger charge is -2.07. The number of rotatable bonds is 5. The van der Waals surface area contributed by atoms with Crippen molar-refractivity contribution < 1.29 is 14.0 Å². The van der Waals surface area contributed by atoms with Crippen LogP contribution in [-0.2, 0) is 9.59 Å². The number of amidine groups is 1. The van der Waals surface area contributed by atoms with E-state index in [2.05, 4.69) is 20.8 Å². The van der Waals surface area contributed by atoms with E-state index in [-0.39, 0.29) is 18.2 Å². The van der Waals surface area contributed by atoms with Crippen molar-refractivity contribution in [3.05, 3.63) is 53.4 Å². The summed E-state index contributed by atoms with van der Waals surface area (Å²) in [6, 6.07) is 10.2. The minimum atomic E-state index is -0.551. The molecule has 0 bridgehead atoms. The van der Waals surface area contributed by atoms with Crippen LogP contribution in [0.25, 0.3) is 0 Å². The molecule has 1 fully saturated rings. The van der Waals surface area contributed by atoms with Gasteiger partial charge in [-0.3, -0.25) is 9.59 Å². The molecule has 0 radical (unpaired) electrons. The molecule has 7 nitrogen and oxygen atoms in total. The Morgan fingerprint density at radius 3 is 2.88 bits per heavy atom. The third kappa shape index (κ3) is 4.94. The number of anilines is 1. The third-order valence-corrected chi connectivity index (χ3v) is 4.48. The van der Waals surface area contributed by atoms with E-state index in [9.17, 15) is 9.59 Å². The average molecular weight is 377 g/mol. The summed E-state index contributed by atoms with van der Waals surface area (Å²) in [5.74, 6) is 0.0103. The molecule has 1 aliphatic rings. The van der Waals surface area contributed by atoms with Crippen LogP contribution in [0.2, 0.25) is 5.02 Å². The molecule has 0 spiro atoms. The fourth-order valence-electron chi connectivity index (χ4n) is 2.00. The summed E-state index contributed by atoms with van der Waals surface area (Å²) in [5.41, 5.74) is 0.620. The summed E-state index contributed by atoms with van der Waals surface area (Å²) in [5, 5.41) is 13.4. The maximum Gasteiger partial charge on any atom is 0.240 e. The Bertz CT molecular complexity index is 818. The van der Waals surface area contributed by atoms with Crippen LogP contribution >= 0.6 is 23.4 Å². The number of amides is 2. The van der Waals surface area contributed by atoms with Gasteiger partial charge in [0.05, 0.1) is 12.5 Å². The summed E-state index contributed by atoms with van der Waals surface area (Å²) in [6.07, 6.45) is 2.98. The van der Waals surface area contributed by atoms with Gasteiger partial charge in [-0.05, 0) is 36.4 Å². The van der Waals surface area contributed by atoms with Crippen molar-refractivity contribution in [2.45, 2.75) is 11.7 Å². The number of nitrogens with one attached hydrogen (secondary N) is 2. The number of hydrogen-bond acceptors (Lipinski definition) is 6. The zero-order valence-electron chi connectivity index (χ0n) is 12.8. The number of hydrogen-bond donors (Lipinski definition) is 2. The number of carbonyl (C=O) groups excluding carboxylic acids is 2. The predicted octanol–water partition coefficient (Wildman–Crippen LogP) is 2.88. The van der Waals surface area contributed by atoms with Gasteiger partial charge in [-0.25, -0.2) is 0 Å². The highest BCUT2D eigenvalue weighted by Gasteiger charge is 2.32. The second-order valence-electron chi connectivity index (χ2n) is 5.02. The maximum absolute atomic E-state index is 12.1. The molecule has 3 rings (SSSR count). The fraction of sp³-hybridized carbons (Fsp3) is 0.125. The average Bonchev–Trinajstić information content (AvgIpc) is 3.20. The Labute approximate surface area is 152 Å². The smallest absolute Gasteiger partial charge is 0.240 e. The minimum absolute atomic E-state index is 0.0278. The molecule has 2 aromatic rings. The van der Waals surface area contributed by atoms with Crippen LogP contribution < -0.4 is 10.6 Å². The predicted molar refractivity (Wildman–Crippen MR) is 98.0 cm³/mol. The first kappa shape index (κ1) is 17.2. The molecule has 2 heterocycles. The Hall–Kier alpha value is -2.58. The van der Waals surface area contributed by atoms with Crippen molar-refractivity contribution in [3.8, 4) is 0 Å². The van der Waals surface area contributed by atoms with Gasteiger partial charge in [0.25, 0.3) is 0 Å². The Kier molecular flexibility index (Phi) is 5.52. The lowest BCUT2D eigenvalue weighted by Crippen LogP contribution is -2.28. The molecule has 9 heteroatoms. The van der Waals surface area contributed by atoms with Crippen molar-refractivity contribution in [1.82, 2.24) is 5.32 Å². The lowest BCUT2D eigenvalue weighted by atomic mass is 10.2. The maximum atomic E-state index is 12.1. The van der Waals surface area contributed by atoms with Gasteiger partial charge >= 0.3 is 0 Å². The van der Waals surface area contributed by atoms with E-state index in [1.165, 1.54) is 12.5 Å². The number of halogens is 1. The number of carbonyl (C=O) groups is 2. The molecule has 2 amide bonds. The van der Waals surface area contributed by atoms with E-state index < -0.39 is 5.25 Å². The van der Waals surface area contributed by atoms with E-state index in [1.54, 1.807) is 36.4 Å². The molecule has 1 saturated heterocycles. The first-order valence-electron chi connectivity index (χ1n) is 7.27. The second kappa shape index (κ2) is 8.00. The summed E-state index contributed by atoms with van der Waals surface area (Å²) in [6.45, 7) is 0. The normalized spacial score (nSPS) is 18.7. The molecule has 0 aliphatic carbocycles. The Morgan fingerprint density at radius 1 is 1.36 bits per heavy atom. The second-order valence-corrected chi connectivity index (χ2v) is 6.65. The van der Waals surface area contributed by atoms with Crippen LogP contribution in [-0.4, -0.2) is 28.4 Å². The molecule has 25 heavy (non-hydrogen) atoms. The molecule has 1 unspecified atom stereocenters. The highest BCUT2D eigenvalue weighted by Crippen LogP contribution is 2.23. The molecule has 1 atom stereocenters. The minimum Gasteiger partial charge on any atom is -0.463 e. The Morgan fingerprint density at radius 2 is 2.16 bits per heavy atom. The Balaban J connectivity index is 1.53. The monoisotopic (exact) mass is 376 g/mol. The molecule has 0 saturated carbocycles. The topological polar surface area (TPSA) is 96.1 Å². The molecule has 1 aromatic heterocycles. The van der Waals surface area contributed by atoms with Crippen LogP contribution in [0.15, 0.2) is 57.3 Å². The molecule has 2 N–H and O–H groups in total. The summed E-state index contributed by atoms with van der Waals surface area (Å²) >= 11 is 6.96. The van der Waals surface area contributed by atoms with E-state index in [4.69, 9.17) is 16.0 Å². The van der Waals surface area contributed by atoms with Crippen molar-refractivity contribution in [2.24, 2.45) is 10.2 Å². The number of furan rings is 1. The highest BCUT2D eigenvalue weighted by molar-refractivity contribution is 8.15. The van der Waals surface area contributed by atoms with E-state index in [1.807, 2.05) is 0 Å². The zero-order valence-corrected chi connectivity index (χ0v) is 14.4. The molecular weight excluding hydrogens is 364 g/mol. The van der Waals surface area contributed by atoms with E-state index >= 15 is 0 Å². The van der Waals surface area contributed by atoms with Crippen molar-refractivity contribution in [3.63, 3.8) is 0 Å². The van der Waals surface area contributed by atoms with Gasteiger partial charge in [0.2, 0.25) is 11.8 Å². The van der Waals surface area contributed by atoms with E-state index in [0.717, 1.165) is 11.8 Å². The van der Waals surface area contributed by atoms with Gasteiger partial charge in [0.15, 0.2) is 5.17 Å². The molecule has 1 aliphatic heterocycles. The lowest BCUT2D eigenvalue weighted by molar-refractivity contribution is -0.122. The van der Waals surface area contributed by atoms with Crippen LogP contribution in [0.5, 0.6) is 0 Å². The summed E-state index contributed by atoms with van der Waals surface area (Å²) in [7, 11) is 0. The van der Waals surface area contributed by atoms with Crippen molar-refractivity contribution in [2.75, 3.05) is 5.32 Å². The van der Waals surface area contributed by atoms with Gasteiger partial charge in [-0.15, -0.1) is 5.10 Å². The van der Waals surface area contributed by atoms with Crippen LogP contribution in [0, 0.1) is 0 Å². The van der Waals surface area contributed by atoms with Gasteiger partial charge in [-0.2, -0.15) is 5.10 Å². The highest BCUT2D eigenvalue weighted by atomic mass is 35.5. The van der Waals surface area contributed by atoms with Gasteiger partial charge in [0.1, 0.15) is 11.0 Å². The molecule has 1 aromatic carbocycles. The first-order chi connectivity index (χ1) is 12.1. The fourth-order valence-corrected chi connectivity index (χ4v) is 3.05. The van der Waals surface area contributed by atoms with Gasteiger partial charge in [-0.1, -0.05) is 23.4 Å². The van der Waals surface area contributed by atoms with Gasteiger partial charge in [0, 0.05) is 17.1 Å². The third-order valence-electron chi connectivity index (χ3n) is 3.15. The van der Waals surface area contributed by atoms with Gasteiger partial charge < -0.3 is 15.1 Å². The van der Waals surface area contributed by atoms with Crippen LogP contribution in [0.4, 0.5) is 5.69 Å². The SMILES string of the molecule is O=C(CC1S/C(=N/N=C\c2ccco2)NC1=O)Nc1ccc(Cl)cc1.